The zero-order valence-electron chi connectivity index (χ0n) is 9.65. The molecule has 0 aliphatic rings. The number of hydrogen-bond donors (Lipinski definition) is 0. The Morgan fingerprint density at radius 1 is 0.533 bits per heavy atom. The van der Waals surface area contributed by atoms with Crippen LogP contribution in [0.4, 0.5) is 0 Å². The number of unbranched alkanes of at least 4 members (excludes halogenated alkanes) is 6. The van der Waals surface area contributed by atoms with Gasteiger partial charge in [-0.25, -0.2) is 0 Å². The van der Waals surface area contributed by atoms with Crippen molar-refractivity contribution in [2.24, 2.45) is 0 Å². The van der Waals surface area contributed by atoms with Gasteiger partial charge >= 0.3 is 0 Å². The first-order valence-corrected chi connectivity index (χ1v) is 9.16. The van der Waals surface area contributed by atoms with Gasteiger partial charge < -0.3 is 4.74 Å². The SMILES string of the molecule is ICCCCCCOCCCCCCI. The molecule has 0 spiro atoms. The van der Waals surface area contributed by atoms with E-state index in [1.54, 1.807) is 0 Å². The van der Waals surface area contributed by atoms with E-state index in [4.69, 9.17) is 4.74 Å². The van der Waals surface area contributed by atoms with Crippen LogP contribution in [0.1, 0.15) is 51.4 Å². The molecule has 0 atom stereocenters. The summed E-state index contributed by atoms with van der Waals surface area (Å²) in [5.41, 5.74) is 0. The summed E-state index contributed by atoms with van der Waals surface area (Å²) >= 11 is 4.89. The highest BCUT2D eigenvalue weighted by Gasteiger charge is 1.92. The van der Waals surface area contributed by atoms with Gasteiger partial charge in [-0.1, -0.05) is 70.9 Å². The van der Waals surface area contributed by atoms with E-state index in [0.29, 0.717) is 0 Å². The molecule has 0 aromatic rings. The first-order chi connectivity index (χ1) is 7.41. The Hall–Kier alpha value is 1.42. The highest BCUT2D eigenvalue weighted by molar-refractivity contribution is 14.1. The van der Waals surface area contributed by atoms with Crippen LogP contribution in [0.15, 0.2) is 0 Å². The van der Waals surface area contributed by atoms with Gasteiger partial charge in [0.2, 0.25) is 0 Å². The van der Waals surface area contributed by atoms with E-state index in [2.05, 4.69) is 45.2 Å². The van der Waals surface area contributed by atoms with Crippen LogP contribution in [0, 0.1) is 0 Å². The minimum atomic E-state index is 0.980. The Balaban J connectivity index is 2.81. The lowest BCUT2D eigenvalue weighted by molar-refractivity contribution is 0.126. The maximum Gasteiger partial charge on any atom is 0.0466 e. The molecule has 92 valence electrons. The molecule has 1 nitrogen and oxygen atoms in total. The fraction of sp³-hybridized carbons (Fsp3) is 1.00. The first kappa shape index (κ1) is 16.4. The normalized spacial score (nSPS) is 10.8. The lowest BCUT2D eigenvalue weighted by atomic mass is 10.2. The number of hydrogen-bond acceptors (Lipinski definition) is 1. The Bertz CT molecular complexity index is 97.8. The summed E-state index contributed by atoms with van der Waals surface area (Å²) in [5, 5.41) is 0. The minimum absolute atomic E-state index is 0.980. The molecule has 0 saturated carbocycles. The summed E-state index contributed by atoms with van der Waals surface area (Å²) in [6.07, 6.45) is 10.7. The van der Waals surface area contributed by atoms with E-state index in [-0.39, 0.29) is 0 Å². The van der Waals surface area contributed by atoms with Gasteiger partial charge in [0.05, 0.1) is 0 Å². The van der Waals surface area contributed by atoms with E-state index in [1.165, 1.54) is 60.2 Å². The van der Waals surface area contributed by atoms with Crippen molar-refractivity contribution in [3.63, 3.8) is 0 Å². The van der Waals surface area contributed by atoms with Crippen LogP contribution >= 0.6 is 45.2 Å². The predicted molar refractivity (Wildman–Crippen MR) is 85.5 cm³/mol. The number of rotatable bonds is 12. The van der Waals surface area contributed by atoms with Crippen molar-refractivity contribution in [1.29, 1.82) is 0 Å². The molecule has 0 bridgehead atoms. The fourth-order valence-electron chi connectivity index (χ4n) is 1.41. The van der Waals surface area contributed by atoms with Crippen molar-refractivity contribution >= 4 is 45.2 Å². The standard InChI is InChI=1S/C12H24I2O/c13-9-5-1-3-7-11-15-12-8-4-2-6-10-14/h1-12H2. The highest BCUT2D eigenvalue weighted by Crippen LogP contribution is 2.04. The molecule has 0 unspecified atom stereocenters. The van der Waals surface area contributed by atoms with Crippen molar-refractivity contribution in [2.75, 3.05) is 22.1 Å². The molecule has 0 saturated heterocycles. The number of alkyl halides is 2. The second-order valence-electron chi connectivity index (χ2n) is 3.82. The van der Waals surface area contributed by atoms with Crippen molar-refractivity contribution < 1.29 is 4.74 Å². The Labute approximate surface area is 122 Å². The molecule has 0 aromatic heterocycles. The van der Waals surface area contributed by atoms with Crippen LogP contribution in [0.2, 0.25) is 0 Å². The first-order valence-electron chi connectivity index (χ1n) is 6.11. The summed E-state index contributed by atoms with van der Waals surface area (Å²) in [7, 11) is 0. The summed E-state index contributed by atoms with van der Waals surface area (Å²) in [4.78, 5) is 0. The summed E-state index contributed by atoms with van der Waals surface area (Å²) in [6, 6.07) is 0. The monoisotopic (exact) mass is 438 g/mol. The van der Waals surface area contributed by atoms with Crippen LogP contribution in [0.25, 0.3) is 0 Å². The van der Waals surface area contributed by atoms with Gasteiger partial charge in [0.1, 0.15) is 0 Å². The van der Waals surface area contributed by atoms with Crippen molar-refractivity contribution in [2.45, 2.75) is 51.4 Å². The average Bonchev–Trinajstić information content (AvgIpc) is 2.26. The predicted octanol–water partition coefficient (Wildman–Crippen LogP) is 4.99. The molecule has 0 radical (unpaired) electrons. The summed E-state index contributed by atoms with van der Waals surface area (Å²) < 4.78 is 8.19. The van der Waals surface area contributed by atoms with Crippen molar-refractivity contribution in [3.8, 4) is 0 Å². The average molecular weight is 438 g/mol. The highest BCUT2D eigenvalue weighted by atomic mass is 127. The van der Waals surface area contributed by atoms with Crippen molar-refractivity contribution in [3.05, 3.63) is 0 Å². The Morgan fingerprint density at radius 2 is 0.933 bits per heavy atom. The third-order valence-electron chi connectivity index (χ3n) is 2.34. The molecule has 15 heavy (non-hydrogen) atoms. The Kier molecular flexibility index (Phi) is 16.9. The van der Waals surface area contributed by atoms with Crippen LogP contribution in [-0.4, -0.2) is 22.1 Å². The van der Waals surface area contributed by atoms with Gasteiger partial charge in [-0.15, -0.1) is 0 Å². The smallest absolute Gasteiger partial charge is 0.0466 e. The van der Waals surface area contributed by atoms with E-state index in [1.807, 2.05) is 0 Å². The molecular formula is C12H24I2O. The molecule has 0 N–H and O–H groups in total. The Morgan fingerprint density at radius 3 is 1.33 bits per heavy atom. The van der Waals surface area contributed by atoms with E-state index in [9.17, 15) is 0 Å². The number of halogens is 2. The molecule has 0 aliphatic heterocycles. The largest absolute Gasteiger partial charge is 0.381 e. The molecule has 0 fully saturated rings. The maximum absolute atomic E-state index is 5.59. The molecule has 3 heteroatoms. The van der Waals surface area contributed by atoms with Gasteiger partial charge in [0.25, 0.3) is 0 Å². The van der Waals surface area contributed by atoms with Gasteiger partial charge in [0.15, 0.2) is 0 Å². The fourth-order valence-corrected chi connectivity index (χ4v) is 2.49. The molecule has 0 heterocycles. The third kappa shape index (κ3) is 15.4. The van der Waals surface area contributed by atoms with Crippen LogP contribution < -0.4 is 0 Å². The van der Waals surface area contributed by atoms with Crippen LogP contribution in [0.3, 0.4) is 0 Å². The van der Waals surface area contributed by atoms with Crippen molar-refractivity contribution in [1.82, 2.24) is 0 Å². The van der Waals surface area contributed by atoms with E-state index in [0.717, 1.165) is 13.2 Å². The van der Waals surface area contributed by atoms with Crippen LogP contribution in [-0.2, 0) is 4.74 Å². The zero-order valence-corrected chi connectivity index (χ0v) is 14.0. The summed E-state index contributed by atoms with van der Waals surface area (Å²) in [6.45, 7) is 1.96. The zero-order chi connectivity index (χ0) is 11.2. The summed E-state index contributed by atoms with van der Waals surface area (Å²) in [5.74, 6) is 0. The third-order valence-corrected chi connectivity index (χ3v) is 3.87. The molecule has 0 aliphatic carbocycles. The lowest BCUT2D eigenvalue weighted by Crippen LogP contribution is -1.97. The van der Waals surface area contributed by atoms with Crippen LogP contribution in [0.5, 0.6) is 0 Å². The van der Waals surface area contributed by atoms with E-state index < -0.39 is 0 Å². The lowest BCUT2D eigenvalue weighted by Gasteiger charge is -2.03. The molecule has 0 aromatic carbocycles. The number of ether oxygens (including phenoxy) is 1. The van der Waals surface area contributed by atoms with Gasteiger partial charge in [-0.05, 0) is 34.5 Å². The molecular weight excluding hydrogens is 414 g/mol. The van der Waals surface area contributed by atoms with Gasteiger partial charge in [0, 0.05) is 13.2 Å². The second kappa shape index (κ2) is 15.4. The molecule has 0 amide bonds. The van der Waals surface area contributed by atoms with E-state index >= 15 is 0 Å². The topological polar surface area (TPSA) is 9.23 Å². The molecule has 0 rings (SSSR count). The quantitative estimate of drug-likeness (QED) is 0.237. The minimum Gasteiger partial charge on any atom is -0.381 e. The second-order valence-corrected chi connectivity index (χ2v) is 5.98. The van der Waals surface area contributed by atoms with Gasteiger partial charge in [-0.2, -0.15) is 0 Å². The van der Waals surface area contributed by atoms with Gasteiger partial charge in [-0.3, -0.25) is 0 Å². The maximum atomic E-state index is 5.59.